The van der Waals surface area contributed by atoms with Crippen molar-refractivity contribution in [3.05, 3.63) is 23.8 Å². The molecule has 0 radical (unpaired) electrons. The molecule has 0 aromatic heterocycles. The minimum atomic E-state index is -3.42. The Kier molecular flexibility index (Phi) is 7.71. The maximum Gasteiger partial charge on any atom is 0.255 e. The van der Waals surface area contributed by atoms with E-state index < -0.39 is 10.0 Å². The van der Waals surface area contributed by atoms with Crippen LogP contribution in [-0.4, -0.2) is 46.9 Å². The molecular formula is C18H28N2O5S. The largest absolute Gasteiger partial charge is 0.497 e. The highest BCUT2D eigenvalue weighted by Gasteiger charge is 2.20. The summed E-state index contributed by atoms with van der Waals surface area (Å²) in [6.07, 6.45) is 6.21. The van der Waals surface area contributed by atoms with E-state index in [-0.39, 0.29) is 24.2 Å². The summed E-state index contributed by atoms with van der Waals surface area (Å²) in [5, 5.41) is 2.64. The van der Waals surface area contributed by atoms with Crippen molar-refractivity contribution in [1.29, 1.82) is 0 Å². The lowest BCUT2D eigenvalue weighted by Gasteiger charge is -2.16. The summed E-state index contributed by atoms with van der Waals surface area (Å²) in [5.74, 6) is 0.428. The van der Waals surface area contributed by atoms with Crippen molar-refractivity contribution >= 4 is 15.9 Å². The van der Waals surface area contributed by atoms with E-state index in [0.29, 0.717) is 17.1 Å². The van der Waals surface area contributed by atoms with E-state index in [1.807, 2.05) is 0 Å². The maximum atomic E-state index is 12.3. The zero-order valence-corrected chi connectivity index (χ0v) is 16.2. The third kappa shape index (κ3) is 6.17. The van der Waals surface area contributed by atoms with Crippen molar-refractivity contribution in [2.45, 2.75) is 44.6 Å². The van der Waals surface area contributed by atoms with Gasteiger partial charge < -0.3 is 14.8 Å². The number of rotatable bonds is 8. The summed E-state index contributed by atoms with van der Waals surface area (Å²) in [5.41, 5.74) is 0.336. The van der Waals surface area contributed by atoms with Gasteiger partial charge in [-0.25, -0.2) is 13.1 Å². The number of carbonyl (C=O) groups is 1. The Hall–Kier alpha value is -1.80. The first-order chi connectivity index (χ1) is 12.4. The van der Waals surface area contributed by atoms with Crippen LogP contribution in [0.3, 0.4) is 0 Å². The molecule has 26 heavy (non-hydrogen) atoms. The second-order valence-electron chi connectivity index (χ2n) is 6.45. The van der Waals surface area contributed by atoms with Gasteiger partial charge in [0.1, 0.15) is 11.5 Å². The molecule has 146 valence electrons. The van der Waals surface area contributed by atoms with E-state index in [1.165, 1.54) is 14.2 Å². The predicted molar refractivity (Wildman–Crippen MR) is 100 cm³/mol. The molecular weight excluding hydrogens is 356 g/mol. The van der Waals surface area contributed by atoms with Crippen LogP contribution >= 0.6 is 0 Å². The van der Waals surface area contributed by atoms with Crippen molar-refractivity contribution in [2.75, 3.05) is 26.5 Å². The lowest BCUT2D eigenvalue weighted by molar-refractivity contribution is 0.0953. The highest BCUT2D eigenvalue weighted by atomic mass is 32.2. The standard InChI is InChI=1S/C18H28N2O5S/c1-24-15-9-10-16(17(13-15)25-2)18(21)19-11-12-26(22,23)20-14-7-5-3-4-6-8-14/h9-10,13-14,20H,3-8,11-12H2,1-2H3,(H,19,21). The molecule has 2 N–H and O–H groups in total. The van der Waals surface area contributed by atoms with E-state index in [1.54, 1.807) is 18.2 Å². The number of hydrogen-bond donors (Lipinski definition) is 2. The molecule has 1 saturated carbocycles. The summed E-state index contributed by atoms with van der Waals surface area (Å²) < 4.78 is 37.5. The molecule has 1 aliphatic carbocycles. The second kappa shape index (κ2) is 9.78. The number of sulfonamides is 1. The van der Waals surface area contributed by atoms with Gasteiger partial charge in [-0.3, -0.25) is 4.79 Å². The number of amides is 1. The summed E-state index contributed by atoms with van der Waals surface area (Å²) in [7, 11) is -0.424. The molecule has 1 aromatic carbocycles. The van der Waals surface area contributed by atoms with Gasteiger partial charge in [-0.15, -0.1) is 0 Å². The second-order valence-corrected chi connectivity index (χ2v) is 8.32. The monoisotopic (exact) mass is 384 g/mol. The van der Waals surface area contributed by atoms with E-state index in [0.717, 1.165) is 38.5 Å². The SMILES string of the molecule is COc1ccc(C(=O)NCCS(=O)(=O)NC2CCCCCC2)c(OC)c1. The third-order valence-electron chi connectivity index (χ3n) is 4.51. The molecule has 1 aromatic rings. The summed E-state index contributed by atoms with van der Waals surface area (Å²) in [4.78, 5) is 12.3. The van der Waals surface area contributed by atoms with Crippen molar-refractivity contribution in [2.24, 2.45) is 0 Å². The third-order valence-corrected chi connectivity index (χ3v) is 5.95. The van der Waals surface area contributed by atoms with Crippen molar-refractivity contribution in [3.63, 3.8) is 0 Å². The lowest BCUT2D eigenvalue weighted by Crippen LogP contribution is -2.39. The lowest BCUT2D eigenvalue weighted by atomic mass is 10.1. The van der Waals surface area contributed by atoms with Gasteiger partial charge in [0.05, 0.1) is 25.5 Å². The molecule has 2 rings (SSSR count). The van der Waals surface area contributed by atoms with Crippen LogP contribution in [0.1, 0.15) is 48.9 Å². The number of carbonyl (C=O) groups excluding carboxylic acids is 1. The molecule has 1 fully saturated rings. The Morgan fingerprint density at radius 2 is 1.81 bits per heavy atom. The Morgan fingerprint density at radius 3 is 2.42 bits per heavy atom. The predicted octanol–water partition coefficient (Wildman–Crippen LogP) is 2.08. The van der Waals surface area contributed by atoms with Crippen molar-refractivity contribution in [3.8, 4) is 11.5 Å². The smallest absolute Gasteiger partial charge is 0.255 e. The number of benzene rings is 1. The van der Waals surface area contributed by atoms with Crippen LogP contribution in [0, 0.1) is 0 Å². The molecule has 0 aliphatic heterocycles. The van der Waals surface area contributed by atoms with E-state index >= 15 is 0 Å². The van der Waals surface area contributed by atoms with Crippen LogP contribution < -0.4 is 19.5 Å². The minimum Gasteiger partial charge on any atom is -0.497 e. The molecule has 8 heteroatoms. The van der Waals surface area contributed by atoms with Crippen LogP contribution in [0.5, 0.6) is 11.5 Å². The molecule has 0 bridgehead atoms. The topological polar surface area (TPSA) is 93.7 Å². The van der Waals surface area contributed by atoms with Gasteiger partial charge in [-0.05, 0) is 25.0 Å². The Balaban J connectivity index is 1.87. The molecule has 0 unspecified atom stereocenters. The van der Waals surface area contributed by atoms with Crippen LogP contribution in [0.15, 0.2) is 18.2 Å². The van der Waals surface area contributed by atoms with Crippen molar-refractivity contribution < 1.29 is 22.7 Å². The van der Waals surface area contributed by atoms with Crippen LogP contribution in [0.4, 0.5) is 0 Å². The Bertz CT molecular complexity index is 698. The average molecular weight is 384 g/mol. The highest BCUT2D eigenvalue weighted by Crippen LogP contribution is 2.24. The fourth-order valence-electron chi connectivity index (χ4n) is 3.09. The molecule has 1 amide bonds. The Morgan fingerprint density at radius 1 is 1.12 bits per heavy atom. The molecule has 7 nitrogen and oxygen atoms in total. The van der Waals surface area contributed by atoms with E-state index in [2.05, 4.69) is 10.0 Å². The average Bonchev–Trinajstić information content (AvgIpc) is 2.88. The first-order valence-corrected chi connectivity index (χ1v) is 10.6. The highest BCUT2D eigenvalue weighted by molar-refractivity contribution is 7.89. The van der Waals surface area contributed by atoms with Gasteiger partial charge in [0.2, 0.25) is 10.0 Å². The fraction of sp³-hybridized carbons (Fsp3) is 0.611. The molecule has 1 aliphatic rings. The van der Waals surface area contributed by atoms with Crippen LogP contribution in [0.25, 0.3) is 0 Å². The zero-order valence-electron chi connectivity index (χ0n) is 15.4. The quantitative estimate of drug-likeness (QED) is 0.669. The van der Waals surface area contributed by atoms with E-state index in [9.17, 15) is 13.2 Å². The van der Waals surface area contributed by atoms with Gasteiger partial charge in [0, 0.05) is 18.7 Å². The van der Waals surface area contributed by atoms with Crippen LogP contribution in [0.2, 0.25) is 0 Å². The van der Waals surface area contributed by atoms with Crippen LogP contribution in [-0.2, 0) is 10.0 Å². The minimum absolute atomic E-state index is 0.0138. The first kappa shape index (κ1) is 20.5. The zero-order chi connectivity index (χ0) is 19.0. The van der Waals surface area contributed by atoms with Crippen molar-refractivity contribution in [1.82, 2.24) is 10.0 Å². The summed E-state index contributed by atoms with van der Waals surface area (Å²) >= 11 is 0. The summed E-state index contributed by atoms with van der Waals surface area (Å²) in [6.45, 7) is 0.0378. The molecule has 0 heterocycles. The number of hydrogen-bond acceptors (Lipinski definition) is 5. The number of ether oxygens (including phenoxy) is 2. The number of nitrogens with one attached hydrogen (secondary N) is 2. The van der Waals surface area contributed by atoms with E-state index in [4.69, 9.17) is 9.47 Å². The van der Waals surface area contributed by atoms with Gasteiger partial charge >= 0.3 is 0 Å². The van der Waals surface area contributed by atoms with Gasteiger partial charge in [-0.2, -0.15) is 0 Å². The first-order valence-electron chi connectivity index (χ1n) is 8.95. The number of methoxy groups -OCH3 is 2. The molecule has 0 atom stereocenters. The Labute approximate surface area is 155 Å². The fourth-order valence-corrected chi connectivity index (χ4v) is 4.32. The maximum absolute atomic E-state index is 12.3. The molecule has 0 saturated heterocycles. The normalized spacial score (nSPS) is 15.9. The van der Waals surface area contributed by atoms with Gasteiger partial charge in [-0.1, -0.05) is 25.7 Å². The van der Waals surface area contributed by atoms with Gasteiger partial charge in [0.25, 0.3) is 5.91 Å². The van der Waals surface area contributed by atoms with Gasteiger partial charge in [0.15, 0.2) is 0 Å². The summed E-state index contributed by atoms with van der Waals surface area (Å²) in [6, 6.07) is 4.87. The molecule has 0 spiro atoms.